The van der Waals surface area contributed by atoms with E-state index in [-0.39, 0.29) is 29.2 Å². The first-order valence-electron chi connectivity index (χ1n) is 7.56. The van der Waals surface area contributed by atoms with Crippen molar-refractivity contribution in [3.63, 3.8) is 0 Å². The first kappa shape index (κ1) is 21.1. The highest BCUT2D eigenvalue weighted by Gasteiger charge is 2.35. The number of carbonyl (C=O) groups excluding carboxylic acids is 2. The second kappa shape index (κ2) is 8.44. The van der Waals surface area contributed by atoms with Gasteiger partial charge in [0.2, 0.25) is 0 Å². The van der Waals surface area contributed by atoms with E-state index >= 15 is 0 Å². The van der Waals surface area contributed by atoms with Crippen molar-refractivity contribution in [3.05, 3.63) is 23.9 Å². The van der Waals surface area contributed by atoms with Gasteiger partial charge in [0.25, 0.3) is 0 Å². The second-order valence-corrected chi connectivity index (χ2v) is 6.11. The predicted octanol–water partition coefficient (Wildman–Crippen LogP) is 1.04. The molecule has 10 heteroatoms. The number of carbonyl (C=O) groups is 2. The quantitative estimate of drug-likeness (QED) is 0.393. The molecule has 1 aromatic rings. The topological polar surface area (TPSA) is 65.5 Å². The summed E-state index contributed by atoms with van der Waals surface area (Å²) in [6.07, 6.45) is -3.13. The standard InChI is InChI=1S/C15H21BF3N2O4/c1-11(2)21(3,7-8-22)10-14(23)25-16(24-4)13-6-5-12(9-20-13)15(17,18)19/h5-6,8-9,11H,7,10H2,1-4H3/q+1. The van der Waals surface area contributed by atoms with Crippen molar-refractivity contribution in [2.75, 3.05) is 27.2 Å². The average Bonchev–Trinajstić information content (AvgIpc) is 2.52. The fraction of sp³-hybridized carbons (Fsp3) is 0.533. The highest BCUT2D eigenvalue weighted by atomic mass is 19.4. The third kappa shape index (κ3) is 5.82. The van der Waals surface area contributed by atoms with Gasteiger partial charge >= 0.3 is 19.3 Å². The molecule has 0 bridgehead atoms. The lowest BCUT2D eigenvalue weighted by Gasteiger charge is -2.35. The molecule has 0 aliphatic rings. The van der Waals surface area contributed by atoms with Gasteiger partial charge in [-0.1, -0.05) is 0 Å². The molecule has 1 aromatic heterocycles. The zero-order chi connectivity index (χ0) is 19.3. The second-order valence-electron chi connectivity index (χ2n) is 6.11. The van der Waals surface area contributed by atoms with E-state index < -0.39 is 24.8 Å². The Balaban J connectivity index is 2.84. The first-order valence-corrected chi connectivity index (χ1v) is 7.56. The SMILES string of the molecule is COB(OC(=O)C[N+](C)(CC=O)C(C)C)c1ccc(C(F)(F)F)cn1. The van der Waals surface area contributed by atoms with E-state index in [1.54, 1.807) is 7.05 Å². The maximum atomic E-state index is 12.6. The molecule has 0 saturated carbocycles. The van der Waals surface area contributed by atoms with Crippen LogP contribution in [0.25, 0.3) is 0 Å². The van der Waals surface area contributed by atoms with Gasteiger partial charge < -0.3 is 13.8 Å². The summed E-state index contributed by atoms with van der Waals surface area (Å²) < 4.78 is 48.0. The Kier molecular flexibility index (Phi) is 7.12. The maximum absolute atomic E-state index is 12.6. The van der Waals surface area contributed by atoms with Gasteiger partial charge in [-0.15, -0.1) is 0 Å². The number of alkyl halides is 3. The van der Waals surface area contributed by atoms with Gasteiger partial charge in [-0.2, -0.15) is 13.2 Å². The number of pyridine rings is 1. The molecular formula is C15H21BF3N2O4+. The van der Waals surface area contributed by atoms with Gasteiger partial charge in [0.05, 0.1) is 24.2 Å². The zero-order valence-electron chi connectivity index (χ0n) is 14.5. The lowest BCUT2D eigenvalue weighted by Crippen LogP contribution is -2.55. The van der Waals surface area contributed by atoms with Crippen LogP contribution in [-0.2, 0) is 25.1 Å². The van der Waals surface area contributed by atoms with Crippen LogP contribution >= 0.6 is 0 Å². The molecule has 0 aliphatic carbocycles. The molecule has 0 amide bonds. The Bertz CT molecular complexity index is 595. The molecule has 0 spiro atoms. The van der Waals surface area contributed by atoms with Crippen molar-refractivity contribution in [3.8, 4) is 0 Å². The molecule has 0 saturated heterocycles. The summed E-state index contributed by atoms with van der Waals surface area (Å²) in [5.74, 6) is -0.647. The number of hydrogen-bond donors (Lipinski definition) is 0. The molecule has 1 unspecified atom stereocenters. The third-order valence-corrected chi connectivity index (χ3v) is 4.04. The number of hydrogen-bond acceptors (Lipinski definition) is 5. The Hall–Kier alpha value is -1.94. The van der Waals surface area contributed by atoms with E-state index in [0.29, 0.717) is 6.20 Å². The van der Waals surface area contributed by atoms with Crippen LogP contribution in [0.3, 0.4) is 0 Å². The van der Waals surface area contributed by atoms with Crippen molar-refractivity contribution in [1.29, 1.82) is 0 Å². The highest BCUT2D eigenvalue weighted by molar-refractivity contribution is 6.61. The fourth-order valence-corrected chi connectivity index (χ4v) is 2.02. The highest BCUT2D eigenvalue weighted by Crippen LogP contribution is 2.27. The number of rotatable bonds is 8. The number of aromatic nitrogens is 1. The van der Waals surface area contributed by atoms with Crippen LogP contribution in [0.4, 0.5) is 13.2 Å². The van der Waals surface area contributed by atoms with Crippen LogP contribution in [0.1, 0.15) is 19.4 Å². The molecule has 1 rings (SSSR count). The lowest BCUT2D eigenvalue weighted by atomic mass is 9.83. The minimum Gasteiger partial charge on any atom is -0.501 e. The van der Waals surface area contributed by atoms with Crippen molar-refractivity contribution >= 4 is 25.0 Å². The van der Waals surface area contributed by atoms with Gasteiger partial charge in [0.1, 0.15) is 6.54 Å². The molecule has 138 valence electrons. The van der Waals surface area contributed by atoms with E-state index in [4.69, 9.17) is 9.31 Å². The minimum absolute atomic E-state index is 0.0112. The molecule has 0 N–H and O–H groups in total. The number of quaternary nitrogens is 1. The average molecular weight is 361 g/mol. The van der Waals surface area contributed by atoms with Crippen molar-refractivity contribution < 1.29 is 36.6 Å². The summed E-state index contributed by atoms with van der Waals surface area (Å²) >= 11 is 0. The molecule has 6 nitrogen and oxygen atoms in total. The predicted molar refractivity (Wildman–Crippen MR) is 84.8 cm³/mol. The molecule has 0 aliphatic heterocycles. The van der Waals surface area contributed by atoms with Crippen LogP contribution < -0.4 is 5.59 Å². The van der Waals surface area contributed by atoms with Gasteiger partial charge in [0.15, 0.2) is 12.8 Å². The molecule has 1 heterocycles. The van der Waals surface area contributed by atoms with Gasteiger partial charge in [0, 0.05) is 13.3 Å². The zero-order valence-corrected chi connectivity index (χ0v) is 14.5. The molecule has 1 atom stereocenters. The van der Waals surface area contributed by atoms with Crippen LogP contribution in [0, 0.1) is 0 Å². The number of aldehydes is 1. The Morgan fingerprint density at radius 2 is 2.04 bits per heavy atom. The number of likely N-dealkylation sites (N-methyl/N-ethyl adjacent to an activating group) is 1. The van der Waals surface area contributed by atoms with Crippen molar-refractivity contribution in [1.82, 2.24) is 4.98 Å². The summed E-state index contributed by atoms with van der Waals surface area (Å²) in [6.45, 7) is 3.77. The van der Waals surface area contributed by atoms with E-state index in [1.807, 2.05) is 13.8 Å². The van der Waals surface area contributed by atoms with Crippen LogP contribution in [0.15, 0.2) is 18.3 Å². The molecule has 0 aromatic carbocycles. The summed E-state index contributed by atoms with van der Waals surface area (Å²) in [4.78, 5) is 26.6. The number of halogens is 3. The maximum Gasteiger partial charge on any atom is 0.584 e. The van der Waals surface area contributed by atoms with Crippen LogP contribution in [0.2, 0.25) is 0 Å². The normalized spacial score (nSPS) is 14.1. The Labute approximate surface area is 144 Å². The molecule has 0 radical (unpaired) electrons. The largest absolute Gasteiger partial charge is 0.584 e. The van der Waals surface area contributed by atoms with E-state index in [0.717, 1.165) is 18.4 Å². The van der Waals surface area contributed by atoms with Gasteiger partial charge in [-0.05, 0) is 26.0 Å². The van der Waals surface area contributed by atoms with Crippen LogP contribution in [-0.4, -0.2) is 62.1 Å². The van der Waals surface area contributed by atoms with Gasteiger partial charge in [-0.25, -0.2) is 4.79 Å². The molecular weight excluding hydrogens is 340 g/mol. The fourth-order valence-electron chi connectivity index (χ4n) is 2.02. The van der Waals surface area contributed by atoms with Gasteiger partial charge in [-0.3, -0.25) is 9.78 Å². The van der Waals surface area contributed by atoms with Crippen molar-refractivity contribution in [2.45, 2.75) is 26.1 Å². The Morgan fingerprint density at radius 1 is 1.40 bits per heavy atom. The van der Waals surface area contributed by atoms with Crippen LogP contribution in [0.5, 0.6) is 0 Å². The minimum atomic E-state index is -4.50. The third-order valence-electron chi connectivity index (χ3n) is 4.04. The summed E-state index contributed by atoms with van der Waals surface area (Å²) in [6, 6.07) is 1.91. The smallest absolute Gasteiger partial charge is 0.501 e. The Morgan fingerprint density at radius 3 is 2.44 bits per heavy atom. The van der Waals surface area contributed by atoms with E-state index in [1.165, 1.54) is 7.11 Å². The monoisotopic (exact) mass is 361 g/mol. The molecule has 25 heavy (non-hydrogen) atoms. The lowest BCUT2D eigenvalue weighted by molar-refractivity contribution is -0.914. The molecule has 0 fully saturated rings. The summed E-state index contributed by atoms with van der Waals surface area (Å²) in [5.41, 5.74) is -0.870. The number of nitrogens with zero attached hydrogens (tertiary/aromatic N) is 2. The first-order chi connectivity index (χ1) is 11.5. The summed E-state index contributed by atoms with van der Waals surface area (Å²) in [5, 5.41) is 0. The van der Waals surface area contributed by atoms with E-state index in [2.05, 4.69) is 4.98 Å². The van der Waals surface area contributed by atoms with Crippen molar-refractivity contribution in [2.24, 2.45) is 0 Å². The summed E-state index contributed by atoms with van der Waals surface area (Å²) in [7, 11) is 1.75. The van der Waals surface area contributed by atoms with E-state index in [9.17, 15) is 22.8 Å².